The highest BCUT2D eigenvalue weighted by molar-refractivity contribution is 6.05. The van der Waals surface area contributed by atoms with Crippen molar-refractivity contribution < 1.29 is 9.53 Å². The Kier molecular flexibility index (Phi) is 2.95. The first-order chi connectivity index (χ1) is 8.20. The predicted octanol–water partition coefficient (Wildman–Crippen LogP) is 1.25. The summed E-state index contributed by atoms with van der Waals surface area (Å²) in [4.78, 5) is 11.9. The van der Waals surface area contributed by atoms with E-state index in [1.807, 2.05) is 0 Å². The fourth-order valence-electron chi connectivity index (χ4n) is 1.35. The second kappa shape index (κ2) is 4.56. The van der Waals surface area contributed by atoms with Gasteiger partial charge in [-0.3, -0.25) is 9.89 Å². The molecule has 0 aliphatic carbocycles. The van der Waals surface area contributed by atoms with Crippen molar-refractivity contribution in [3.63, 3.8) is 0 Å². The van der Waals surface area contributed by atoms with Crippen LogP contribution in [0.4, 0.5) is 11.5 Å². The molecule has 0 saturated heterocycles. The number of methoxy groups -OCH3 is 1. The fourth-order valence-corrected chi connectivity index (χ4v) is 1.35. The van der Waals surface area contributed by atoms with Crippen molar-refractivity contribution in [2.24, 2.45) is 0 Å². The number of hydrogen-bond donors (Lipinski definition) is 3. The van der Waals surface area contributed by atoms with Crippen molar-refractivity contribution in [3.05, 3.63) is 36.0 Å². The topological polar surface area (TPSA) is 93.0 Å². The van der Waals surface area contributed by atoms with E-state index >= 15 is 0 Å². The van der Waals surface area contributed by atoms with E-state index in [-0.39, 0.29) is 5.91 Å². The molecule has 0 unspecified atom stereocenters. The predicted molar refractivity (Wildman–Crippen MR) is 63.9 cm³/mol. The second-order valence-electron chi connectivity index (χ2n) is 3.39. The third-order valence-corrected chi connectivity index (χ3v) is 2.24. The molecule has 2 rings (SSSR count). The quantitative estimate of drug-likeness (QED) is 0.742. The third kappa shape index (κ3) is 2.36. The van der Waals surface area contributed by atoms with Crippen LogP contribution in [0.25, 0.3) is 0 Å². The highest BCUT2D eigenvalue weighted by Crippen LogP contribution is 2.16. The van der Waals surface area contributed by atoms with Crippen molar-refractivity contribution in [1.82, 2.24) is 10.2 Å². The number of benzene rings is 1. The van der Waals surface area contributed by atoms with Gasteiger partial charge in [0.05, 0.1) is 19.0 Å². The second-order valence-corrected chi connectivity index (χ2v) is 3.39. The molecule has 4 N–H and O–H groups in total. The third-order valence-electron chi connectivity index (χ3n) is 2.24. The number of ether oxygens (including phenoxy) is 1. The molecule has 0 aliphatic heterocycles. The summed E-state index contributed by atoms with van der Waals surface area (Å²) in [5.41, 5.74) is 6.46. The van der Waals surface area contributed by atoms with E-state index in [2.05, 4.69) is 15.5 Å². The Labute approximate surface area is 97.8 Å². The van der Waals surface area contributed by atoms with Gasteiger partial charge in [-0.2, -0.15) is 5.10 Å². The highest BCUT2D eigenvalue weighted by atomic mass is 16.5. The van der Waals surface area contributed by atoms with Crippen LogP contribution >= 0.6 is 0 Å². The summed E-state index contributed by atoms with van der Waals surface area (Å²) in [6.45, 7) is 0. The Bertz CT molecular complexity index is 536. The lowest BCUT2D eigenvalue weighted by atomic mass is 10.2. The minimum Gasteiger partial charge on any atom is -0.497 e. The Morgan fingerprint density at radius 1 is 1.53 bits per heavy atom. The monoisotopic (exact) mass is 232 g/mol. The van der Waals surface area contributed by atoms with E-state index in [0.717, 1.165) is 0 Å². The van der Waals surface area contributed by atoms with Gasteiger partial charge in [0.1, 0.15) is 5.75 Å². The molecule has 0 aliphatic rings. The zero-order chi connectivity index (χ0) is 12.3. The number of aromatic nitrogens is 2. The van der Waals surface area contributed by atoms with Gasteiger partial charge in [-0.05, 0) is 18.2 Å². The van der Waals surface area contributed by atoms with Crippen LogP contribution in [0, 0.1) is 0 Å². The van der Waals surface area contributed by atoms with Crippen LogP contribution in [-0.2, 0) is 0 Å². The van der Waals surface area contributed by atoms with Crippen LogP contribution in [0.15, 0.2) is 30.5 Å². The number of amides is 1. The first kappa shape index (κ1) is 11.0. The summed E-state index contributed by atoms with van der Waals surface area (Å²) in [5.74, 6) is 0.730. The van der Waals surface area contributed by atoms with Gasteiger partial charge in [0.15, 0.2) is 5.82 Å². The number of anilines is 2. The lowest BCUT2D eigenvalue weighted by molar-refractivity contribution is 0.102. The molecule has 0 bridgehead atoms. The molecule has 2 aromatic rings. The number of nitrogens with one attached hydrogen (secondary N) is 2. The molecule has 6 nitrogen and oxygen atoms in total. The first-order valence-corrected chi connectivity index (χ1v) is 4.95. The van der Waals surface area contributed by atoms with E-state index < -0.39 is 0 Å². The molecule has 1 aromatic carbocycles. The number of nitrogens with two attached hydrogens (primary N) is 1. The normalized spacial score (nSPS) is 9.94. The van der Waals surface area contributed by atoms with Crippen LogP contribution < -0.4 is 15.8 Å². The van der Waals surface area contributed by atoms with E-state index in [4.69, 9.17) is 10.5 Å². The lowest BCUT2D eigenvalue weighted by Gasteiger charge is -2.05. The summed E-state index contributed by atoms with van der Waals surface area (Å²) < 4.78 is 5.04. The molecule has 1 aromatic heterocycles. The van der Waals surface area contributed by atoms with Crippen LogP contribution in [0.5, 0.6) is 5.75 Å². The summed E-state index contributed by atoms with van der Waals surface area (Å²) in [5, 5.41) is 8.93. The van der Waals surface area contributed by atoms with Crippen molar-refractivity contribution in [2.75, 3.05) is 18.2 Å². The van der Waals surface area contributed by atoms with E-state index in [1.165, 1.54) is 6.20 Å². The molecule has 0 spiro atoms. The molecular weight excluding hydrogens is 220 g/mol. The van der Waals surface area contributed by atoms with Gasteiger partial charge >= 0.3 is 0 Å². The molecule has 0 atom stereocenters. The molecule has 17 heavy (non-hydrogen) atoms. The van der Waals surface area contributed by atoms with Gasteiger partial charge in [0, 0.05) is 5.56 Å². The van der Waals surface area contributed by atoms with Gasteiger partial charge in [-0.25, -0.2) is 0 Å². The lowest BCUT2D eigenvalue weighted by Crippen LogP contribution is -2.13. The molecule has 0 saturated carbocycles. The maximum absolute atomic E-state index is 11.9. The largest absolute Gasteiger partial charge is 0.497 e. The van der Waals surface area contributed by atoms with Crippen molar-refractivity contribution >= 4 is 17.4 Å². The van der Waals surface area contributed by atoms with Gasteiger partial charge in [0.25, 0.3) is 5.91 Å². The molecule has 0 radical (unpaired) electrons. The van der Waals surface area contributed by atoms with Gasteiger partial charge in [0.2, 0.25) is 0 Å². The Morgan fingerprint density at radius 3 is 3.00 bits per heavy atom. The van der Waals surface area contributed by atoms with Crippen LogP contribution in [-0.4, -0.2) is 23.2 Å². The number of nitrogens with zero attached hydrogens (tertiary/aromatic N) is 1. The summed E-state index contributed by atoms with van der Waals surface area (Å²) >= 11 is 0. The maximum atomic E-state index is 11.9. The minimum absolute atomic E-state index is 0.278. The molecule has 0 fully saturated rings. The number of rotatable bonds is 3. The number of H-pyrrole nitrogens is 1. The Morgan fingerprint density at radius 2 is 2.35 bits per heavy atom. The average Bonchev–Trinajstić information content (AvgIpc) is 2.75. The van der Waals surface area contributed by atoms with Crippen molar-refractivity contribution in [3.8, 4) is 5.75 Å². The maximum Gasteiger partial charge on any atom is 0.256 e. The highest BCUT2D eigenvalue weighted by Gasteiger charge is 2.09. The van der Waals surface area contributed by atoms with E-state index in [0.29, 0.717) is 22.8 Å². The Balaban J connectivity index is 2.17. The van der Waals surface area contributed by atoms with Crippen LogP contribution in [0.1, 0.15) is 10.4 Å². The van der Waals surface area contributed by atoms with Crippen LogP contribution in [0.2, 0.25) is 0 Å². The van der Waals surface area contributed by atoms with E-state index in [9.17, 15) is 4.79 Å². The van der Waals surface area contributed by atoms with Crippen molar-refractivity contribution in [2.45, 2.75) is 0 Å². The summed E-state index contributed by atoms with van der Waals surface area (Å²) in [6, 6.07) is 6.83. The first-order valence-electron chi connectivity index (χ1n) is 4.95. The summed E-state index contributed by atoms with van der Waals surface area (Å²) in [7, 11) is 1.55. The fraction of sp³-hybridized carbons (Fsp3) is 0.0909. The number of carbonyl (C=O) groups excluding carboxylic acids is 1. The SMILES string of the molecule is COc1cccc(C(=O)Nc2[nH]ncc2N)c1. The molecule has 6 heteroatoms. The number of hydrogen-bond acceptors (Lipinski definition) is 4. The van der Waals surface area contributed by atoms with Gasteiger partial charge in [-0.15, -0.1) is 0 Å². The van der Waals surface area contributed by atoms with E-state index in [1.54, 1.807) is 31.4 Å². The number of aromatic amines is 1. The smallest absolute Gasteiger partial charge is 0.256 e. The zero-order valence-electron chi connectivity index (χ0n) is 9.23. The minimum atomic E-state index is -0.278. The standard InChI is InChI=1S/C11H12N4O2/c1-17-8-4-2-3-7(5-8)11(16)14-10-9(12)6-13-15-10/h2-6H,12H2,1H3,(H2,13,14,15,16). The number of carbonyl (C=O) groups is 1. The number of nitrogen functional groups attached to an aromatic ring is 1. The zero-order valence-corrected chi connectivity index (χ0v) is 9.23. The Hall–Kier alpha value is -2.50. The molecule has 88 valence electrons. The van der Waals surface area contributed by atoms with Crippen LogP contribution in [0.3, 0.4) is 0 Å². The van der Waals surface area contributed by atoms with Gasteiger partial charge < -0.3 is 15.8 Å². The molecule has 1 heterocycles. The molecular formula is C11H12N4O2. The molecule has 1 amide bonds. The average molecular weight is 232 g/mol. The van der Waals surface area contributed by atoms with Gasteiger partial charge in [-0.1, -0.05) is 6.07 Å². The van der Waals surface area contributed by atoms with Crippen molar-refractivity contribution in [1.29, 1.82) is 0 Å². The summed E-state index contributed by atoms with van der Waals surface area (Å²) in [6.07, 6.45) is 1.43.